The molecule has 1 atom stereocenters. The van der Waals surface area contributed by atoms with Gasteiger partial charge in [-0.3, -0.25) is 4.79 Å². The van der Waals surface area contributed by atoms with Gasteiger partial charge in [0, 0.05) is 11.5 Å². The number of carboxylic acid groups (broad SMARTS) is 1. The molecule has 1 aliphatic rings. The lowest BCUT2D eigenvalue weighted by molar-refractivity contribution is -0.137. The van der Waals surface area contributed by atoms with Crippen LogP contribution in [-0.4, -0.2) is 23.3 Å². The minimum Gasteiger partial charge on any atom is -0.504 e. The van der Waals surface area contributed by atoms with Gasteiger partial charge >= 0.3 is 5.97 Å². The summed E-state index contributed by atoms with van der Waals surface area (Å²) in [6, 6.07) is 3.72. The predicted molar refractivity (Wildman–Crippen MR) is 81.1 cm³/mol. The van der Waals surface area contributed by atoms with Crippen LogP contribution in [0, 0.1) is 5.92 Å². The summed E-state index contributed by atoms with van der Waals surface area (Å²) < 4.78 is 5.34. The first-order valence-electron chi connectivity index (χ1n) is 7.37. The highest BCUT2D eigenvalue weighted by atomic mass is 16.5. The van der Waals surface area contributed by atoms with Crippen LogP contribution in [0.4, 0.5) is 0 Å². The molecule has 2 N–H and O–H groups in total. The van der Waals surface area contributed by atoms with Gasteiger partial charge in [-0.15, -0.1) is 0 Å². The summed E-state index contributed by atoms with van der Waals surface area (Å²) in [5, 5.41) is 19.4. The number of rotatable bonds is 5. The van der Waals surface area contributed by atoms with Crippen LogP contribution in [-0.2, 0) is 10.2 Å². The van der Waals surface area contributed by atoms with Crippen molar-refractivity contribution < 1.29 is 19.7 Å². The van der Waals surface area contributed by atoms with Crippen molar-refractivity contribution in [2.24, 2.45) is 5.92 Å². The summed E-state index contributed by atoms with van der Waals surface area (Å²) in [7, 11) is 1.51. The van der Waals surface area contributed by atoms with Crippen molar-refractivity contribution in [2.75, 3.05) is 7.11 Å². The fourth-order valence-corrected chi connectivity index (χ4v) is 2.78. The first-order valence-corrected chi connectivity index (χ1v) is 7.37. The maximum atomic E-state index is 11.2. The molecular formula is C17H24O4. The average molecular weight is 292 g/mol. The highest BCUT2D eigenvalue weighted by molar-refractivity contribution is 5.69. The van der Waals surface area contributed by atoms with Crippen LogP contribution < -0.4 is 4.74 Å². The standard InChI is InChI=1S/C17H24O4/c1-17(2,3)11-7-13(16(21-4)14(18)8-11)12(9-15(19)20)10-5-6-10/h7-8,10,12,18H,5-6,9H2,1-4H3,(H,19,20). The highest BCUT2D eigenvalue weighted by Gasteiger charge is 2.36. The van der Waals surface area contributed by atoms with Gasteiger partial charge in [-0.1, -0.05) is 26.8 Å². The topological polar surface area (TPSA) is 66.8 Å². The van der Waals surface area contributed by atoms with Crippen LogP contribution >= 0.6 is 0 Å². The van der Waals surface area contributed by atoms with Crippen LogP contribution in [0.1, 0.15) is 57.1 Å². The molecule has 1 saturated carbocycles. The molecule has 2 rings (SSSR count). The lowest BCUT2D eigenvalue weighted by atomic mass is 9.82. The van der Waals surface area contributed by atoms with E-state index in [-0.39, 0.29) is 23.5 Å². The number of aromatic hydroxyl groups is 1. The number of phenolic OH excluding ortho intramolecular Hbond substituents is 1. The Morgan fingerprint density at radius 2 is 2.00 bits per heavy atom. The van der Waals surface area contributed by atoms with Gasteiger partial charge in [-0.05, 0) is 35.8 Å². The molecule has 1 fully saturated rings. The Hall–Kier alpha value is -1.71. The number of ether oxygens (including phenoxy) is 1. The second-order valence-corrected chi connectivity index (χ2v) is 6.91. The number of carbonyl (C=O) groups is 1. The molecule has 4 heteroatoms. The molecule has 0 amide bonds. The molecule has 0 spiro atoms. The maximum absolute atomic E-state index is 11.2. The summed E-state index contributed by atoms with van der Waals surface area (Å²) in [5.41, 5.74) is 1.70. The van der Waals surface area contributed by atoms with E-state index in [4.69, 9.17) is 4.74 Å². The van der Waals surface area contributed by atoms with Crippen LogP contribution in [0.2, 0.25) is 0 Å². The van der Waals surface area contributed by atoms with Crippen molar-refractivity contribution in [3.05, 3.63) is 23.3 Å². The maximum Gasteiger partial charge on any atom is 0.303 e. The third-order valence-electron chi connectivity index (χ3n) is 4.15. The van der Waals surface area contributed by atoms with E-state index in [2.05, 4.69) is 20.8 Å². The fraction of sp³-hybridized carbons (Fsp3) is 0.588. The smallest absolute Gasteiger partial charge is 0.303 e. The summed E-state index contributed by atoms with van der Waals surface area (Å²) in [5.74, 6) is -0.0120. The van der Waals surface area contributed by atoms with Gasteiger partial charge in [-0.2, -0.15) is 0 Å². The van der Waals surface area contributed by atoms with Crippen LogP contribution in [0.3, 0.4) is 0 Å². The Morgan fingerprint density at radius 1 is 1.38 bits per heavy atom. The van der Waals surface area contributed by atoms with E-state index in [0.29, 0.717) is 11.7 Å². The molecule has 0 radical (unpaired) electrons. The lowest BCUT2D eigenvalue weighted by Gasteiger charge is -2.25. The van der Waals surface area contributed by atoms with Crippen LogP contribution in [0.25, 0.3) is 0 Å². The average Bonchev–Trinajstić information content (AvgIpc) is 3.17. The molecule has 1 aromatic rings. The Balaban J connectivity index is 2.52. The third kappa shape index (κ3) is 3.49. The van der Waals surface area contributed by atoms with Crippen LogP contribution in [0.15, 0.2) is 12.1 Å². The van der Waals surface area contributed by atoms with Crippen molar-refractivity contribution in [1.29, 1.82) is 0 Å². The van der Waals surface area contributed by atoms with E-state index < -0.39 is 5.97 Å². The molecule has 4 nitrogen and oxygen atoms in total. The van der Waals surface area contributed by atoms with Gasteiger partial charge in [-0.25, -0.2) is 0 Å². The Labute approximate surface area is 125 Å². The zero-order chi connectivity index (χ0) is 15.8. The third-order valence-corrected chi connectivity index (χ3v) is 4.15. The van der Waals surface area contributed by atoms with E-state index in [1.807, 2.05) is 6.07 Å². The highest BCUT2D eigenvalue weighted by Crippen LogP contribution is 2.49. The zero-order valence-electron chi connectivity index (χ0n) is 13.1. The first kappa shape index (κ1) is 15.7. The summed E-state index contributed by atoms with van der Waals surface area (Å²) in [4.78, 5) is 11.2. The van der Waals surface area contributed by atoms with Crippen LogP contribution in [0.5, 0.6) is 11.5 Å². The van der Waals surface area contributed by atoms with E-state index in [9.17, 15) is 15.0 Å². The van der Waals surface area contributed by atoms with Crippen molar-refractivity contribution >= 4 is 5.97 Å². The van der Waals surface area contributed by atoms with Gasteiger partial charge in [0.15, 0.2) is 11.5 Å². The SMILES string of the molecule is COc1c(O)cc(C(C)(C)C)cc1C(CC(=O)O)C1CC1. The molecule has 0 aliphatic heterocycles. The molecule has 1 aromatic carbocycles. The molecule has 1 unspecified atom stereocenters. The zero-order valence-corrected chi connectivity index (χ0v) is 13.1. The number of carboxylic acids is 1. The normalized spacial score (nSPS) is 16.6. The molecule has 0 aromatic heterocycles. The number of methoxy groups -OCH3 is 1. The lowest BCUT2D eigenvalue weighted by Crippen LogP contribution is -2.15. The minimum absolute atomic E-state index is 0.0774. The van der Waals surface area contributed by atoms with Crippen molar-refractivity contribution in [3.63, 3.8) is 0 Å². The van der Waals surface area contributed by atoms with E-state index in [0.717, 1.165) is 24.0 Å². The number of phenols is 1. The quantitative estimate of drug-likeness (QED) is 0.869. The number of benzene rings is 1. The van der Waals surface area contributed by atoms with Gasteiger partial charge in [0.2, 0.25) is 0 Å². The first-order chi connectivity index (χ1) is 9.74. The molecule has 0 saturated heterocycles. The van der Waals surface area contributed by atoms with Gasteiger partial charge in [0.05, 0.1) is 13.5 Å². The van der Waals surface area contributed by atoms with E-state index >= 15 is 0 Å². The molecule has 0 heterocycles. The fourth-order valence-electron chi connectivity index (χ4n) is 2.78. The van der Waals surface area contributed by atoms with Gasteiger partial charge < -0.3 is 14.9 Å². The summed E-state index contributed by atoms with van der Waals surface area (Å²) in [6.07, 6.45) is 2.16. The number of aliphatic carboxylic acids is 1. The van der Waals surface area contributed by atoms with E-state index in [1.54, 1.807) is 6.07 Å². The van der Waals surface area contributed by atoms with Gasteiger partial charge in [0.25, 0.3) is 0 Å². The second kappa shape index (κ2) is 5.58. The predicted octanol–water partition coefficient (Wildman–Crippen LogP) is 3.67. The minimum atomic E-state index is -0.811. The number of hydrogen-bond donors (Lipinski definition) is 2. The van der Waals surface area contributed by atoms with Crippen molar-refractivity contribution in [1.82, 2.24) is 0 Å². The largest absolute Gasteiger partial charge is 0.504 e. The number of hydrogen-bond acceptors (Lipinski definition) is 3. The molecule has 21 heavy (non-hydrogen) atoms. The van der Waals surface area contributed by atoms with Crippen molar-refractivity contribution in [3.8, 4) is 11.5 Å². The monoisotopic (exact) mass is 292 g/mol. The van der Waals surface area contributed by atoms with E-state index in [1.165, 1.54) is 7.11 Å². The summed E-state index contributed by atoms with van der Waals surface area (Å²) in [6.45, 7) is 6.21. The Bertz CT molecular complexity index is 538. The molecule has 1 aliphatic carbocycles. The molecular weight excluding hydrogens is 268 g/mol. The van der Waals surface area contributed by atoms with Crippen molar-refractivity contribution in [2.45, 2.75) is 51.4 Å². The Kier molecular flexibility index (Phi) is 4.17. The second-order valence-electron chi connectivity index (χ2n) is 6.91. The van der Waals surface area contributed by atoms with Gasteiger partial charge in [0.1, 0.15) is 0 Å². The molecule has 0 bridgehead atoms. The molecule has 116 valence electrons. The Morgan fingerprint density at radius 3 is 2.43 bits per heavy atom. The summed E-state index contributed by atoms with van der Waals surface area (Å²) >= 11 is 0.